The molecule has 25 heavy (non-hydrogen) atoms. The number of aromatic hydroxyl groups is 2. The van der Waals surface area contributed by atoms with Crippen molar-refractivity contribution in [1.29, 1.82) is 0 Å². The number of hydrogen-bond acceptors (Lipinski definition) is 5. The highest BCUT2D eigenvalue weighted by atomic mass is 16.6. The number of ether oxygens (including phenoxy) is 1. The molecule has 1 heterocycles. The Morgan fingerprint density at radius 2 is 1.40 bits per heavy atom. The van der Waals surface area contributed by atoms with Crippen molar-refractivity contribution < 1.29 is 24.5 Å². The summed E-state index contributed by atoms with van der Waals surface area (Å²) in [4.78, 5) is 27.7. The molecule has 7 heteroatoms. The summed E-state index contributed by atoms with van der Waals surface area (Å²) in [7, 11) is 0. The van der Waals surface area contributed by atoms with Crippen LogP contribution in [-0.2, 0) is 0 Å². The number of phenols is 2. The highest BCUT2D eigenvalue weighted by molar-refractivity contribution is 5.95. The van der Waals surface area contributed by atoms with Gasteiger partial charge in [-0.25, -0.2) is 4.79 Å². The predicted molar refractivity (Wildman–Crippen MR) is 89.7 cm³/mol. The maximum Gasteiger partial charge on any atom is 0.415 e. The number of hydrogen-bond donors (Lipinski definition) is 2. The molecule has 1 aliphatic heterocycles. The number of benzene rings is 2. The highest BCUT2D eigenvalue weighted by Crippen LogP contribution is 2.22. The van der Waals surface area contributed by atoms with Crippen LogP contribution in [0.1, 0.15) is 10.4 Å². The van der Waals surface area contributed by atoms with Crippen molar-refractivity contribution in [3.05, 3.63) is 54.1 Å². The maximum absolute atomic E-state index is 12.4. The number of piperazine rings is 1. The molecule has 2 aromatic rings. The second-order valence-corrected chi connectivity index (χ2v) is 5.70. The normalized spacial score (nSPS) is 14.2. The fourth-order valence-corrected chi connectivity index (χ4v) is 2.65. The van der Waals surface area contributed by atoms with E-state index in [0.29, 0.717) is 31.9 Å². The first-order valence-corrected chi connectivity index (χ1v) is 7.87. The molecule has 3 rings (SSSR count). The zero-order valence-corrected chi connectivity index (χ0v) is 13.5. The van der Waals surface area contributed by atoms with Gasteiger partial charge >= 0.3 is 6.09 Å². The van der Waals surface area contributed by atoms with E-state index in [9.17, 15) is 19.8 Å². The van der Waals surface area contributed by atoms with Crippen LogP contribution in [0.5, 0.6) is 17.2 Å². The first-order chi connectivity index (χ1) is 12.0. The standard InChI is InChI=1S/C18H18N2O5/c21-14-10-13(11-15(22)12-14)17(23)19-6-8-20(9-7-19)18(24)25-16-4-2-1-3-5-16/h1-5,10-12,21-22H,6-9H2. The van der Waals surface area contributed by atoms with Crippen LogP contribution in [0.4, 0.5) is 4.79 Å². The number of phenolic OH excluding ortho intramolecular Hbond substituents is 2. The maximum atomic E-state index is 12.4. The van der Waals surface area contributed by atoms with Gasteiger partial charge in [0.2, 0.25) is 0 Å². The van der Waals surface area contributed by atoms with Gasteiger partial charge in [-0.1, -0.05) is 18.2 Å². The number of rotatable bonds is 2. The topological polar surface area (TPSA) is 90.3 Å². The SMILES string of the molecule is O=C(Oc1ccccc1)N1CCN(C(=O)c2cc(O)cc(O)c2)CC1. The van der Waals surface area contributed by atoms with Gasteiger partial charge in [0.15, 0.2) is 0 Å². The molecule has 2 N–H and O–H groups in total. The molecule has 0 bridgehead atoms. The van der Waals surface area contributed by atoms with Crippen molar-refractivity contribution in [2.45, 2.75) is 0 Å². The fourth-order valence-electron chi connectivity index (χ4n) is 2.65. The molecule has 0 aromatic heterocycles. The Balaban J connectivity index is 1.58. The van der Waals surface area contributed by atoms with Crippen LogP contribution < -0.4 is 4.74 Å². The van der Waals surface area contributed by atoms with Gasteiger partial charge < -0.3 is 24.7 Å². The molecule has 130 valence electrons. The van der Waals surface area contributed by atoms with Gasteiger partial charge in [0, 0.05) is 37.8 Å². The summed E-state index contributed by atoms with van der Waals surface area (Å²) in [5.41, 5.74) is 0.206. The largest absolute Gasteiger partial charge is 0.508 e. The average molecular weight is 342 g/mol. The molecule has 0 saturated carbocycles. The Bertz CT molecular complexity index is 750. The molecule has 0 spiro atoms. The zero-order valence-electron chi connectivity index (χ0n) is 13.5. The number of carbonyl (C=O) groups is 2. The molecule has 0 radical (unpaired) electrons. The van der Waals surface area contributed by atoms with E-state index in [1.807, 2.05) is 6.07 Å². The molecule has 1 aliphatic rings. The average Bonchev–Trinajstić information content (AvgIpc) is 2.61. The van der Waals surface area contributed by atoms with Gasteiger partial charge in [-0.3, -0.25) is 4.79 Å². The minimum atomic E-state index is -0.451. The van der Waals surface area contributed by atoms with Gasteiger partial charge in [-0.15, -0.1) is 0 Å². The molecule has 0 unspecified atom stereocenters. The van der Waals surface area contributed by atoms with Crippen LogP contribution in [0.3, 0.4) is 0 Å². The van der Waals surface area contributed by atoms with E-state index in [1.165, 1.54) is 17.0 Å². The van der Waals surface area contributed by atoms with Gasteiger partial charge in [0.1, 0.15) is 17.2 Å². The lowest BCUT2D eigenvalue weighted by Gasteiger charge is -2.34. The molecule has 0 atom stereocenters. The van der Waals surface area contributed by atoms with Crippen LogP contribution in [0.15, 0.2) is 48.5 Å². The number of carbonyl (C=O) groups excluding carboxylic acids is 2. The predicted octanol–water partition coefficient (Wildman–Crippen LogP) is 2.05. The summed E-state index contributed by atoms with van der Waals surface area (Å²) in [6.45, 7) is 1.39. The van der Waals surface area contributed by atoms with Gasteiger partial charge in [0.25, 0.3) is 5.91 Å². The van der Waals surface area contributed by atoms with E-state index in [4.69, 9.17) is 4.74 Å². The lowest BCUT2D eigenvalue weighted by Crippen LogP contribution is -2.51. The van der Waals surface area contributed by atoms with Crippen LogP contribution in [-0.4, -0.2) is 58.2 Å². The second-order valence-electron chi connectivity index (χ2n) is 5.70. The Labute approximate surface area is 144 Å². The van der Waals surface area contributed by atoms with E-state index in [1.54, 1.807) is 29.2 Å². The van der Waals surface area contributed by atoms with Crippen molar-refractivity contribution in [3.8, 4) is 17.2 Å². The van der Waals surface area contributed by atoms with Crippen LogP contribution in [0.25, 0.3) is 0 Å². The summed E-state index contributed by atoms with van der Waals surface area (Å²) in [5.74, 6) is -0.176. The molecule has 7 nitrogen and oxygen atoms in total. The Hall–Kier alpha value is -3.22. The summed E-state index contributed by atoms with van der Waals surface area (Å²) in [6.07, 6.45) is -0.451. The van der Waals surface area contributed by atoms with Gasteiger partial charge in [-0.2, -0.15) is 0 Å². The quantitative estimate of drug-likeness (QED) is 0.872. The van der Waals surface area contributed by atoms with E-state index in [-0.39, 0.29) is 23.0 Å². The molecule has 1 saturated heterocycles. The monoisotopic (exact) mass is 342 g/mol. The molecular weight excluding hydrogens is 324 g/mol. The van der Waals surface area contributed by atoms with E-state index < -0.39 is 6.09 Å². The van der Waals surface area contributed by atoms with Crippen molar-refractivity contribution >= 4 is 12.0 Å². The summed E-state index contributed by atoms with van der Waals surface area (Å²) in [5, 5.41) is 19.0. The highest BCUT2D eigenvalue weighted by Gasteiger charge is 2.26. The number of nitrogens with zero attached hydrogens (tertiary/aromatic N) is 2. The van der Waals surface area contributed by atoms with Crippen molar-refractivity contribution in [2.24, 2.45) is 0 Å². The minimum Gasteiger partial charge on any atom is -0.508 e. The van der Waals surface area contributed by atoms with E-state index in [0.717, 1.165) is 6.07 Å². The molecule has 1 fully saturated rings. The van der Waals surface area contributed by atoms with Crippen molar-refractivity contribution in [3.63, 3.8) is 0 Å². The van der Waals surface area contributed by atoms with Gasteiger partial charge in [-0.05, 0) is 24.3 Å². The van der Waals surface area contributed by atoms with E-state index >= 15 is 0 Å². The summed E-state index contributed by atoms with van der Waals surface area (Å²) in [6, 6.07) is 12.6. The van der Waals surface area contributed by atoms with Crippen LogP contribution in [0, 0.1) is 0 Å². The van der Waals surface area contributed by atoms with Crippen molar-refractivity contribution in [1.82, 2.24) is 9.80 Å². The third-order valence-corrected chi connectivity index (χ3v) is 3.92. The molecule has 2 amide bonds. The second kappa shape index (κ2) is 7.12. The molecular formula is C18H18N2O5. The summed E-state index contributed by atoms with van der Waals surface area (Å²) < 4.78 is 5.28. The minimum absolute atomic E-state index is 0.173. The Morgan fingerprint density at radius 1 is 0.840 bits per heavy atom. The fraction of sp³-hybridized carbons (Fsp3) is 0.222. The zero-order chi connectivity index (χ0) is 17.8. The van der Waals surface area contributed by atoms with Crippen LogP contribution in [0.2, 0.25) is 0 Å². The Kier molecular flexibility index (Phi) is 4.74. The first kappa shape index (κ1) is 16.6. The third kappa shape index (κ3) is 4.00. The lowest BCUT2D eigenvalue weighted by molar-refractivity contribution is 0.0632. The number of para-hydroxylation sites is 1. The van der Waals surface area contributed by atoms with Crippen LogP contribution >= 0.6 is 0 Å². The first-order valence-electron chi connectivity index (χ1n) is 7.87. The number of amides is 2. The molecule has 2 aromatic carbocycles. The van der Waals surface area contributed by atoms with E-state index in [2.05, 4.69) is 0 Å². The third-order valence-electron chi connectivity index (χ3n) is 3.92. The van der Waals surface area contributed by atoms with Crippen molar-refractivity contribution in [2.75, 3.05) is 26.2 Å². The molecule has 0 aliphatic carbocycles. The lowest BCUT2D eigenvalue weighted by atomic mass is 10.1. The van der Waals surface area contributed by atoms with Gasteiger partial charge in [0.05, 0.1) is 0 Å². The summed E-state index contributed by atoms with van der Waals surface area (Å²) >= 11 is 0. The smallest absolute Gasteiger partial charge is 0.415 e. The Morgan fingerprint density at radius 3 is 2.00 bits per heavy atom.